The van der Waals surface area contributed by atoms with Gasteiger partial charge in [-0.05, 0) is 26.7 Å². The van der Waals surface area contributed by atoms with Crippen molar-refractivity contribution in [3.8, 4) is 0 Å². The molecule has 3 nitrogen and oxygen atoms in total. The Labute approximate surface area is 111 Å². The van der Waals surface area contributed by atoms with E-state index in [1.807, 2.05) is 0 Å². The lowest BCUT2D eigenvalue weighted by molar-refractivity contribution is -0.202. The molecule has 2 atom stereocenters. The second-order valence-electron chi connectivity index (χ2n) is 5.91. The first kappa shape index (κ1) is 16.3. The molecule has 1 fully saturated rings. The van der Waals surface area contributed by atoms with Crippen molar-refractivity contribution < 1.29 is 23.1 Å². The van der Waals surface area contributed by atoms with Gasteiger partial charge in [0, 0.05) is 13.0 Å². The van der Waals surface area contributed by atoms with Crippen molar-refractivity contribution in [1.82, 2.24) is 4.90 Å². The van der Waals surface area contributed by atoms with Crippen LogP contribution >= 0.6 is 0 Å². The molecular formula is C13H22F3NO2. The molecule has 6 heteroatoms. The van der Waals surface area contributed by atoms with E-state index in [1.54, 1.807) is 13.8 Å². The summed E-state index contributed by atoms with van der Waals surface area (Å²) in [6.07, 6.45) is -2.87. The lowest BCUT2D eigenvalue weighted by atomic mass is 9.77. The molecule has 2 unspecified atom stereocenters. The van der Waals surface area contributed by atoms with Gasteiger partial charge in [-0.25, -0.2) is 0 Å². The quantitative estimate of drug-likeness (QED) is 0.863. The first-order chi connectivity index (χ1) is 8.61. The highest BCUT2D eigenvalue weighted by atomic mass is 19.4. The van der Waals surface area contributed by atoms with Crippen LogP contribution in [0.3, 0.4) is 0 Å². The van der Waals surface area contributed by atoms with E-state index < -0.39 is 29.5 Å². The second-order valence-corrected chi connectivity index (χ2v) is 5.91. The Balaban J connectivity index is 2.89. The van der Waals surface area contributed by atoms with Crippen LogP contribution in [0.25, 0.3) is 0 Å². The highest BCUT2D eigenvalue weighted by Gasteiger charge is 2.49. The van der Waals surface area contributed by atoms with Gasteiger partial charge >= 0.3 is 6.18 Å². The molecule has 1 N–H and O–H groups in total. The summed E-state index contributed by atoms with van der Waals surface area (Å²) in [4.78, 5) is 13.5. The van der Waals surface area contributed by atoms with E-state index in [-0.39, 0.29) is 19.4 Å². The Morgan fingerprint density at radius 3 is 2.26 bits per heavy atom. The molecule has 0 aliphatic heterocycles. The summed E-state index contributed by atoms with van der Waals surface area (Å²) in [6, 6.07) is 0. The summed E-state index contributed by atoms with van der Waals surface area (Å²) >= 11 is 0. The first-order valence-electron chi connectivity index (χ1n) is 6.56. The van der Waals surface area contributed by atoms with Gasteiger partial charge in [0.2, 0.25) is 5.91 Å². The van der Waals surface area contributed by atoms with Crippen LogP contribution in [-0.2, 0) is 4.79 Å². The maximum atomic E-state index is 13.0. The fraction of sp³-hybridized carbons (Fsp3) is 0.923. The maximum Gasteiger partial charge on any atom is 0.392 e. The minimum Gasteiger partial charge on any atom is -0.394 e. The van der Waals surface area contributed by atoms with E-state index in [1.165, 1.54) is 11.9 Å². The van der Waals surface area contributed by atoms with Crippen LogP contribution in [0.1, 0.15) is 39.5 Å². The van der Waals surface area contributed by atoms with Crippen molar-refractivity contribution in [3.63, 3.8) is 0 Å². The number of halogens is 3. The van der Waals surface area contributed by atoms with Gasteiger partial charge in [-0.1, -0.05) is 12.8 Å². The monoisotopic (exact) mass is 281 g/mol. The van der Waals surface area contributed by atoms with Gasteiger partial charge in [-0.15, -0.1) is 0 Å². The number of hydrogen-bond acceptors (Lipinski definition) is 2. The molecule has 0 aromatic rings. The van der Waals surface area contributed by atoms with Gasteiger partial charge in [0.1, 0.15) is 0 Å². The second kappa shape index (κ2) is 5.69. The van der Waals surface area contributed by atoms with Crippen LogP contribution in [0, 0.1) is 11.8 Å². The average molecular weight is 281 g/mol. The highest BCUT2D eigenvalue weighted by Crippen LogP contribution is 2.42. The smallest absolute Gasteiger partial charge is 0.392 e. The third-order valence-corrected chi connectivity index (χ3v) is 4.13. The Morgan fingerprint density at radius 2 is 1.79 bits per heavy atom. The zero-order chi connectivity index (χ0) is 14.8. The molecule has 1 amide bonds. The fourth-order valence-corrected chi connectivity index (χ4v) is 2.47. The Kier molecular flexibility index (Phi) is 4.87. The van der Waals surface area contributed by atoms with Crippen molar-refractivity contribution in [2.75, 3.05) is 13.7 Å². The number of rotatable bonds is 3. The van der Waals surface area contributed by atoms with E-state index >= 15 is 0 Å². The molecule has 0 spiro atoms. The number of hydrogen-bond donors (Lipinski definition) is 1. The minimum absolute atomic E-state index is 0.0211. The summed E-state index contributed by atoms with van der Waals surface area (Å²) < 4.78 is 38.9. The topological polar surface area (TPSA) is 40.5 Å². The number of alkyl halides is 3. The molecule has 0 aromatic heterocycles. The molecule has 19 heavy (non-hydrogen) atoms. The fourth-order valence-electron chi connectivity index (χ4n) is 2.47. The van der Waals surface area contributed by atoms with Gasteiger partial charge < -0.3 is 10.0 Å². The Hall–Kier alpha value is -0.780. The van der Waals surface area contributed by atoms with Crippen LogP contribution in [0.2, 0.25) is 0 Å². The van der Waals surface area contributed by atoms with E-state index in [0.29, 0.717) is 12.8 Å². The Bertz CT molecular complexity index is 328. The SMILES string of the molecule is CN(C(=O)C1CCCCC1C(F)(F)F)C(C)(C)CO. The van der Waals surface area contributed by atoms with Crippen LogP contribution in [0.4, 0.5) is 13.2 Å². The number of aliphatic hydroxyl groups excluding tert-OH is 1. The van der Waals surface area contributed by atoms with Crippen LogP contribution in [-0.4, -0.2) is 41.3 Å². The lowest BCUT2D eigenvalue weighted by Crippen LogP contribution is -2.52. The highest BCUT2D eigenvalue weighted by molar-refractivity contribution is 5.79. The van der Waals surface area contributed by atoms with Crippen molar-refractivity contribution in [2.45, 2.75) is 51.2 Å². The molecule has 1 saturated carbocycles. The van der Waals surface area contributed by atoms with Gasteiger partial charge in [0.25, 0.3) is 0 Å². The molecule has 1 rings (SSSR count). The molecule has 0 heterocycles. The molecule has 1 aliphatic carbocycles. The minimum atomic E-state index is -4.33. The summed E-state index contributed by atoms with van der Waals surface area (Å²) in [5, 5.41) is 9.22. The van der Waals surface area contributed by atoms with Crippen molar-refractivity contribution in [2.24, 2.45) is 11.8 Å². The van der Waals surface area contributed by atoms with Crippen molar-refractivity contribution in [1.29, 1.82) is 0 Å². The average Bonchev–Trinajstić information content (AvgIpc) is 2.36. The standard InChI is InChI=1S/C13H22F3NO2/c1-12(2,8-18)17(3)11(19)9-6-4-5-7-10(9)13(14,15)16/h9-10,18H,4-8H2,1-3H3. The zero-order valence-electron chi connectivity index (χ0n) is 11.6. The predicted molar refractivity (Wildman–Crippen MR) is 65.4 cm³/mol. The van der Waals surface area contributed by atoms with E-state index in [4.69, 9.17) is 0 Å². The van der Waals surface area contributed by atoms with Crippen LogP contribution in [0.15, 0.2) is 0 Å². The molecule has 0 aromatic carbocycles. The van der Waals surface area contributed by atoms with Crippen molar-refractivity contribution >= 4 is 5.91 Å². The molecule has 112 valence electrons. The number of likely N-dealkylation sites (N-methyl/N-ethyl adjacent to an activating group) is 1. The number of aliphatic hydroxyl groups is 1. The maximum absolute atomic E-state index is 13.0. The van der Waals surface area contributed by atoms with E-state index in [0.717, 1.165) is 0 Å². The number of carbonyl (C=O) groups is 1. The van der Waals surface area contributed by atoms with E-state index in [9.17, 15) is 23.1 Å². The van der Waals surface area contributed by atoms with E-state index in [2.05, 4.69) is 0 Å². The third-order valence-electron chi connectivity index (χ3n) is 4.13. The molecule has 0 radical (unpaired) electrons. The van der Waals surface area contributed by atoms with Gasteiger partial charge in [0.15, 0.2) is 0 Å². The van der Waals surface area contributed by atoms with Crippen LogP contribution in [0.5, 0.6) is 0 Å². The lowest BCUT2D eigenvalue weighted by Gasteiger charge is -2.40. The molecule has 0 saturated heterocycles. The first-order valence-corrected chi connectivity index (χ1v) is 6.56. The molecule has 0 bridgehead atoms. The molecule has 1 aliphatic rings. The summed E-state index contributed by atoms with van der Waals surface area (Å²) in [5.74, 6) is -3.07. The van der Waals surface area contributed by atoms with Gasteiger partial charge in [-0.3, -0.25) is 4.79 Å². The Morgan fingerprint density at radius 1 is 1.26 bits per heavy atom. The largest absolute Gasteiger partial charge is 0.394 e. The summed E-state index contributed by atoms with van der Waals surface area (Å²) in [5.41, 5.74) is -0.843. The zero-order valence-corrected chi connectivity index (χ0v) is 11.6. The third kappa shape index (κ3) is 3.61. The number of nitrogens with zero attached hydrogens (tertiary/aromatic N) is 1. The molecular weight excluding hydrogens is 259 g/mol. The van der Waals surface area contributed by atoms with Crippen LogP contribution < -0.4 is 0 Å². The number of carbonyl (C=O) groups excluding carboxylic acids is 1. The van der Waals surface area contributed by atoms with Gasteiger partial charge in [-0.2, -0.15) is 13.2 Å². The summed E-state index contributed by atoms with van der Waals surface area (Å²) in [6.45, 7) is 2.99. The normalized spacial score (nSPS) is 25.2. The number of amides is 1. The van der Waals surface area contributed by atoms with Crippen molar-refractivity contribution in [3.05, 3.63) is 0 Å². The predicted octanol–water partition coefficient (Wildman–Crippen LogP) is 2.58. The summed E-state index contributed by atoms with van der Waals surface area (Å²) in [7, 11) is 1.46. The van der Waals surface area contributed by atoms with Gasteiger partial charge in [0.05, 0.1) is 18.1 Å².